The summed E-state index contributed by atoms with van der Waals surface area (Å²) in [4.78, 5) is 10.3. The summed E-state index contributed by atoms with van der Waals surface area (Å²) >= 11 is 0. The third-order valence-electron chi connectivity index (χ3n) is 1.48. The predicted octanol–water partition coefficient (Wildman–Crippen LogP) is -0.824. The van der Waals surface area contributed by atoms with Crippen LogP contribution in [-0.2, 0) is 11.3 Å². The molecule has 1 aromatic rings. The number of hydrogen-bond acceptors (Lipinski definition) is 5. The predicted molar refractivity (Wildman–Crippen MR) is 43.8 cm³/mol. The standard InChI is InChI=1S/C7H11N3O3/c8-6(7(11)12)4-9-3-5-1-2-13-10-5/h1-2,6,9H,3-4,8H2,(H,11,12). The van der Waals surface area contributed by atoms with Crippen molar-refractivity contribution in [3.8, 4) is 0 Å². The number of nitrogens with zero attached hydrogens (tertiary/aromatic N) is 1. The van der Waals surface area contributed by atoms with Crippen LogP contribution in [-0.4, -0.2) is 28.8 Å². The highest BCUT2D eigenvalue weighted by molar-refractivity contribution is 5.73. The number of carbonyl (C=O) groups is 1. The lowest BCUT2D eigenvalue weighted by molar-refractivity contribution is -0.138. The van der Waals surface area contributed by atoms with E-state index in [4.69, 9.17) is 10.8 Å². The molecule has 1 aromatic heterocycles. The lowest BCUT2D eigenvalue weighted by Gasteiger charge is -2.05. The van der Waals surface area contributed by atoms with Crippen molar-refractivity contribution in [1.82, 2.24) is 10.5 Å². The van der Waals surface area contributed by atoms with E-state index in [1.54, 1.807) is 6.07 Å². The van der Waals surface area contributed by atoms with Gasteiger partial charge in [0.05, 0.1) is 5.69 Å². The van der Waals surface area contributed by atoms with Gasteiger partial charge in [0.2, 0.25) is 0 Å². The molecule has 0 fully saturated rings. The molecule has 0 saturated carbocycles. The molecule has 1 heterocycles. The highest BCUT2D eigenvalue weighted by Crippen LogP contribution is 1.92. The second kappa shape index (κ2) is 4.58. The summed E-state index contributed by atoms with van der Waals surface area (Å²) in [5.74, 6) is -1.02. The van der Waals surface area contributed by atoms with Crippen LogP contribution in [0.2, 0.25) is 0 Å². The molecule has 0 spiro atoms. The van der Waals surface area contributed by atoms with E-state index in [2.05, 4.69) is 15.0 Å². The van der Waals surface area contributed by atoms with Crippen molar-refractivity contribution in [1.29, 1.82) is 0 Å². The Balaban J connectivity index is 2.18. The van der Waals surface area contributed by atoms with Crippen LogP contribution in [0.15, 0.2) is 16.9 Å². The fourth-order valence-electron chi connectivity index (χ4n) is 0.772. The first-order chi connectivity index (χ1) is 6.20. The Kier molecular flexibility index (Phi) is 3.41. The van der Waals surface area contributed by atoms with Crippen molar-refractivity contribution in [3.63, 3.8) is 0 Å². The van der Waals surface area contributed by atoms with Crippen LogP contribution in [0.5, 0.6) is 0 Å². The van der Waals surface area contributed by atoms with E-state index < -0.39 is 12.0 Å². The minimum Gasteiger partial charge on any atom is -0.480 e. The molecule has 4 N–H and O–H groups in total. The van der Waals surface area contributed by atoms with Crippen molar-refractivity contribution in [2.24, 2.45) is 5.73 Å². The molecule has 1 unspecified atom stereocenters. The van der Waals surface area contributed by atoms with E-state index in [1.165, 1.54) is 6.26 Å². The fourth-order valence-corrected chi connectivity index (χ4v) is 0.772. The molecule has 0 bridgehead atoms. The molecule has 0 radical (unpaired) electrons. The van der Waals surface area contributed by atoms with Crippen LogP contribution in [0.1, 0.15) is 5.69 Å². The molecule has 0 aromatic carbocycles. The van der Waals surface area contributed by atoms with Crippen LogP contribution >= 0.6 is 0 Å². The first-order valence-electron chi connectivity index (χ1n) is 3.78. The zero-order valence-corrected chi connectivity index (χ0v) is 6.93. The van der Waals surface area contributed by atoms with E-state index in [1.807, 2.05) is 0 Å². The maximum atomic E-state index is 10.3. The Hall–Kier alpha value is -1.40. The van der Waals surface area contributed by atoms with Gasteiger partial charge in [0, 0.05) is 19.2 Å². The number of aromatic nitrogens is 1. The number of hydrogen-bond donors (Lipinski definition) is 3. The molecular formula is C7H11N3O3. The lowest BCUT2D eigenvalue weighted by Crippen LogP contribution is -2.40. The molecule has 0 amide bonds. The third-order valence-corrected chi connectivity index (χ3v) is 1.48. The van der Waals surface area contributed by atoms with Crippen LogP contribution in [0.4, 0.5) is 0 Å². The van der Waals surface area contributed by atoms with E-state index in [-0.39, 0.29) is 6.54 Å². The van der Waals surface area contributed by atoms with Crippen LogP contribution in [0, 0.1) is 0 Å². The van der Waals surface area contributed by atoms with E-state index in [9.17, 15) is 4.79 Å². The Morgan fingerprint density at radius 1 is 1.85 bits per heavy atom. The topological polar surface area (TPSA) is 101 Å². The molecule has 13 heavy (non-hydrogen) atoms. The van der Waals surface area contributed by atoms with Crippen molar-refractivity contribution < 1.29 is 14.4 Å². The summed E-state index contributed by atoms with van der Waals surface area (Å²) in [5.41, 5.74) is 5.97. The van der Waals surface area contributed by atoms with Crippen LogP contribution < -0.4 is 11.1 Å². The maximum absolute atomic E-state index is 10.3. The second-order valence-electron chi connectivity index (χ2n) is 2.57. The Morgan fingerprint density at radius 3 is 3.15 bits per heavy atom. The number of rotatable bonds is 5. The number of carboxylic acids is 1. The second-order valence-corrected chi connectivity index (χ2v) is 2.57. The van der Waals surface area contributed by atoms with Gasteiger partial charge in [-0.3, -0.25) is 4.79 Å². The smallest absolute Gasteiger partial charge is 0.321 e. The van der Waals surface area contributed by atoms with Gasteiger partial charge < -0.3 is 20.7 Å². The van der Waals surface area contributed by atoms with Crippen molar-refractivity contribution >= 4 is 5.97 Å². The molecule has 6 nitrogen and oxygen atoms in total. The highest BCUT2D eigenvalue weighted by atomic mass is 16.5. The monoisotopic (exact) mass is 185 g/mol. The van der Waals surface area contributed by atoms with Gasteiger partial charge in [0.25, 0.3) is 0 Å². The summed E-state index contributed by atoms with van der Waals surface area (Å²) in [6.07, 6.45) is 1.45. The third kappa shape index (κ3) is 3.22. The van der Waals surface area contributed by atoms with Gasteiger partial charge >= 0.3 is 5.97 Å². The molecule has 1 rings (SSSR count). The van der Waals surface area contributed by atoms with E-state index in [0.717, 1.165) is 5.69 Å². The van der Waals surface area contributed by atoms with Gasteiger partial charge in [-0.25, -0.2) is 0 Å². The van der Waals surface area contributed by atoms with Gasteiger partial charge in [0.1, 0.15) is 12.3 Å². The van der Waals surface area contributed by atoms with Crippen molar-refractivity contribution in [2.75, 3.05) is 6.54 Å². The number of nitrogens with two attached hydrogens (primary N) is 1. The first kappa shape index (κ1) is 9.69. The quantitative estimate of drug-likeness (QED) is 0.553. The molecule has 0 aliphatic carbocycles. The van der Waals surface area contributed by atoms with Gasteiger partial charge in [-0.05, 0) is 0 Å². The molecule has 0 aliphatic heterocycles. The molecule has 6 heteroatoms. The zero-order valence-electron chi connectivity index (χ0n) is 6.93. The van der Waals surface area contributed by atoms with Crippen LogP contribution in [0.3, 0.4) is 0 Å². The number of aliphatic carboxylic acids is 1. The number of nitrogens with one attached hydrogen (secondary N) is 1. The van der Waals surface area contributed by atoms with Crippen molar-refractivity contribution in [3.05, 3.63) is 18.0 Å². The molecule has 1 atom stereocenters. The average molecular weight is 185 g/mol. The van der Waals surface area contributed by atoms with Crippen molar-refractivity contribution in [2.45, 2.75) is 12.6 Å². The summed E-state index contributed by atoms with van der Waals surface area (Å²) in [6, 6.07) is 0.811. The largest absolute Gasteiger partial charge is 0.480 e. The minimum absolute atomic E-state index is 0.211. The maximum Gasteiger partial charge on any atom is 0.321 e. The van der Waals surface area contributed by atoms with Crippen LogP contribution in [0.25, 0.3) is 0 Å². The van der Waals surface area contributed by atoms with E-state index in [0.29, 0.717) is 6.54 Å². The molecule has 72 valence electrons. The highest BCUT2D eigenvalue weighted by Gasteiger charge is 2.10. The van der Waals surface area contributed by atoms with Gasteiger partial charge in [-0.15, -0.1) is 0 Å². The SMILES string of the molecule is NC(CNCc1ccon1)C(=O)O. The molecular weight excluding hydrogens is 174 g/mol. The molecule has 0 saturated heterocycles. The summed E-state index contributed by atoms with van der Waals surface area (Å²) in [7, 11) is 0. The summed E-state index contributed by atoms with van der Waals surface area (Å²) in [6.45, 7) is 0.666. The van der Waals surface area contributed by atoms with E-state index >= 15 is 0 Å². The zero-order chi connectivity index (χ0) is 9.68. The Labute approximate surface area is 74.7 Å². The summed E-state index contributed by atoms with van der Waals surface area (Å²) in [5, 5.41) is 14.9. The Bertz CT molecular complexity index is 260. The number of carboxylic acid groups (broad SMARTS) is 1. The fraction of sp³-hybridized carbons (Fsp3) is 0.429. The average Bonchev–Trinajstić information content (AvgIpc) is 2.56. The van der Waals surface area contributed by atoms with Gasteiger partial charge in [-0.1, -0.05) is 5.16 Å². The van der Waals surface area contributed by atoms with Gasteiger partial charge in [-0.2, -0.15) is 0 Å². The minimum atomic E-state index is -1.02. The Morgan fingerprint density at radius 2 is 2.62 bits per heavy atom. The molecule has 0 aliphatic rings. The van der Waals surface area contributed by atoms with Gasteiger partial charge in [0.15, 0.2) is 0 Å². The first-order valence-corrected chi connectivity index (χ1v) is 3.78. The lowest BCUT2D eigenvalue weighted by atomic mass is 10.3. The summed E-state index contributed by atoms with van der Waals surface area (Å²) < 4.78 is 4.58. The normalized spacial score (nSPS) is 12.7.